The Morgan fingerprint density at radius 1 is 1.14 bits per heavy atom. The van der Waals surface area contributed by atoms with Crippen LogP contribution in [0.1, 0.15) is 21.7 Å². The zero-order valence-electron chi connectivity index (χ0n) is 19.5. The molecule has 2 aromatic carbocycles. The fourth-order valence-corrected chi connectivity index (χ4v) is 5.74. The summed E-state index contributed by atoms with van der Waals surface area (Å²) in [4.78, 5) is 35.7. The fraction of sp³-hybridized carbons (Fsp3) is 0.192. The van der Waals surface area contributed by atoms with E-state index in [0.717, 1.165) is 28.8 Å². The summed E-state index contributed by atoms with van der Waals surface area (Å²) in [5.41, 5.74) is 8.83. The molecule has 0 aliphatic carbocycles. The van der Waals surface area contributed by atoms with Crippen LogP contribution in [0.25, 0.3) is 10.2 Å². The van der Waals surface area contributed by atoms with E-state index >= 15 is 0 Å². The Morgan fingerprint density at radius 2 is 1.94 bits per heavy atom. The molecule has 6 rings (SSSR count). The Balaban J connectivity index is 0.00000267. The van der Waals surface area contributed by atoms with Gasteiger partial charge in [0.2, 0.25) is 0 Å². The number of carbonyl (C=O) groups is 2. The predicted molar refractivity (Wildman–Crippen MR) is 147 cm³/mol. The van der Waals surface area contributed by atoms with E-state index in [2.05, 4.69) is 10.3 Å². The van der Waals surface area contributed by atoms with Crippen molar-refractivity contribution in [2.45, 2.75) is 19.4 Å². The highest BCUT2D eigenvalue weighted by atomic mass is 32.1. The van der Waals surface area contributed by atoms with Gasteiger partial charge in [0.15, 0.2) is 0 Å². The number of anilines is 3. The molecule has 184 valence electrons. The van der Waals surface area contributed by atoms with Gasteiger partial charge in [0, 0.05) is 25.3 Å². The van der Waals surface area contributed by atoms with E-state index in [-0.39, 0.29) is 31.5 Å². The van der Waals surface area contributed by atoms with Crippen molar-refractivity contribution in [3.8, 4) is 11.5 Å². The summed E-state index contributed by atoms with van der Waals surface area (Å²) in [5, 5.41) is 3.74. The standard InChI is InChI=1S/C26H23N5O3S.H2S/c1-15-13-18(34-17-5-3-2-4-6-17)7-8-19(15)31-20-9-11-28-24-21(20)22(29-26(31)33)23(35-24)25(32)30-12-10-16(27)14-30;/h2-9,11,13,16H,10,12,14,27H2,1H3,(H,29,33);1H2/t16-;/m0./s1. The van der Waals surface area contributed by atoms with Crippen molar-refractivity contribution in [1.29, 1.82) is 0 Å². The lowest BCUT2D eigenvalue weighted by atomic mass is 10.1. The number of urea groups is 1. The molecule has 1 atom stereocenters. The van der Waals surface area contributed by atoms with Crippen molar-refractivity contribution in [3.63, 3.8) is 0 Å². The SMILES string of the molecule is Cc1cc(Oc2ccccc2)ccc1N1C(=O)Nc2c(C(=O)N3CC[C@H](N)C3)sc3nccc1c23.S. The molecule has 8 nitrogen and oxygen atoms in total. The van der Waals surface area contributed by atoms with Crippen molar-refractivity contribution in [2.24, 2.45) is 5.73 Å². The molecule has 0 spiro atoms. The molecular formula is C26H25N5O3S2. The summed E-state index contributed by atoms with van der Waals surface area (Å²) in [6.07, 6.45) is 2.45. The first-order valence-corrected chi connectivity index (χ1v) is 12.2. The summed E-state index contributed by atoms with van der Waals surface area (Å²) in [5.74, 6) is 1.31. The second-order valence-electron chi connectivity index (χ2n) is 8.75. The summed E-state index contributed by atoms with van der Waals surface area (Å²) < 4.78 is 5.95. The maximum Gasteiger partial charge on any atom is 0.331 e. The average Bonchev–Trinajstić information content (AvgIpc) is 3.45. The van der Waals surface area contributed by atoms with Gasteiger partial charge in [0.1, 0.15) is 21.2 Å². The van der Waals surface area contributed by atoms with E-state index < -0.39 is 0 Å². The van der Waals surface area contributed by atoms with Gasteiger partial charge in [0.25, 0.3) is 5.91 Å². The van der Waals surface area contributed by atoms with Gasteiger partial charge in [-0.05, 0) is 55.3 Å². The number of amides is 3. The second kappa shape index (κ2) is 9.45. The Hall–Kier alpha value is -3.60. The van der Waals surface area contributed by atoms with Gasteiger partial charge in [-0.1, -0.05) is 18.2 Å². The smallest absolute Gasteiger partial charge is 0.331 e. The number of nitrogens with one attached hydrogen (secondary N) is 1. The van der Waals surface area contributed by atoms with Crippen LogP contribution in [0.5, 0.6) is 11.5 Å². The Bertz CT molecular complexity index is 1470. The zero-order valence-corrected chi connectivity index (χ0v) is 21.3. The van der Waals surface area contributed by atoms with Gasteiger partial charge in [0.05, 0.1) is 22.4 Å². The van der Waals surface area contributed by atoms with E-state index in [1.54, 1.807) is 16.0 Å². The summed E-state index contributed by atoms with van der Waals surface area (Å²) >= 11 is 1.30. The second-order valence-corrected chi connectivity index (χ2v) is 9.74. The Labute approximate surface area is 219 Å². The normalized spacial score (nSPS) is 16.6. The van der Waals surface area contributed by atoms with Crippen molar-refractivity contribution in [3.05, 3.63) is 71.2 Å². The van der Waals surface area contributed by atoms with Crippen molar-refractivity contribution in [2.75, 3.05) is 23.3 Å². The number of likely N-dealkylation sites (tertiary alicyclic amines) is 1. The summed E-state index contributed by atoms with van der Waals surface area (Å²) in [6, 6.07) is 16.6. The van der Waals surface area contributed by atoms with Crippen molar-refractivity contribution in [1.82, 2.24) is 9.88 Å². The van der Waals surface area contributed by atoms with Crippen molar-refractivity contribution < 1.29 is 14.3 Å². The van der Waals surface area contributed by atoms with Gasteiger partial charge < -0.3 is 20.7 Å². The molecule has 0 bridgehead atoms. The molecule has 4 heterocycles. The first-order chi connectivity index (χ1) is 17.0. The largest absolute Gasteiger partial charge is 0.457 e. The van der Waals surface area contributed by atoms with Gasteiger partial charge in [-0.2, -0.15) is 13.5 Å². The van der Waals surface area contributed by atoms with Crippen LogP contribution in [-0.2, 0) is 0 Å². The number of hydrogen-bond donors (Lipinski definition) is 2. The third-order valence-electron chi connectivity index (χ3n) is 6.34. The van der Waals surface area contributed by atoms with Crippen LogP contribution in [0, 0.1) is 6.92 Å². The Kier molecular flexibility index (Phi) is 6.33. The predicted octanol–water partition coefficient (Wildman–Crippen LogP) is 5.37. The molecule has 0 unspecified atom stereocenters. The van der Waals surface area contributed by atoms with Gasteiger partial charge in [-0.15, -0.1) is 11.3 Å². The molecule has 3 amide bonds. The number of nitrogens with two attached hydrogens (primary N) is 1. The molecule has 4 aromatic rings. The van der Waals surface area contributed by atoms with Crippen LogP contribution in [0.4, 0.5) is 21.9 Å². The quantitative estimate of drug-likeness (QED) is 0.378. The summed E-state index contributed by atoms with van der Waals surface area (Å²) in [6.45, 7) is 3.07. The number of nitrogens with zero attached hydrogens (tertiary/aromatic N) is 3. The lowest BCUT2D eigenvalue weighted by Gasteiger charge is -2.30. The van der Waals surface area contributed by atoms with Crippen LogP contribution in [-0.4, -0.2) is 41.0 Å². The lowest BCUT2D eigenvalue weighted by molar-refractivity contribution is 0.0796. The number of aromatic nitrogens is 1. The minimum Gasteiger partial charge on any atom is -0.457 e. The van der Waals surface area contributed by atoms with Crippen LogP contribution >= 0.6 is 24.8 Å². The van der Waals surface area contributed by atoms with Gasteiger partial charge in [-0.25, -0.2) is 9.78 Å². The van der Waals surface area contributed by atoms with E-state index in [9.17, 15) is 9.59 Å². The van der Waals surface area contributed by atoms with Gasteiger partial charge >= 0.3 is 6.03 Å². The number of pyridine rings is 1. The minimum absolute atomic E-state index is 0. The molecule has 3 N–H and O–H groups in total. The van der Waals surface area contributed by atoms with Crippen LogP contribution in [0.2, 0.25) is 0 Å². The number of para-hydroxylation sites is 1. The molecule has 2 aliphatic rings. The number of rotatable bonds is 4. The minimum atomic E-state index is -0.324. The number of carbonyl (C=O) groups excluding carboxylic acids is 2. The molecule has 36 heavy (non-hydrogen) atoms. The molecule has 2 aliphatic heterocycles. The lowest BCUT2D eigenvalue weighted by Crippen LogP contribution is -2.36. The number of thiophene rings is 1. The van der Waals surface area contributed by atoms with E-state index in [4.69, 9.17) is 10.5 Å². The molecule has 1 saturated heterocycles. The summed E-state index contributed by atoms with van der Waals surface area (Å²) in [7, 11) is 0. The van der Waals surface area contributed by atoms with Crippen LogP contribution < -0.4 is 20.7 Å². The number of ether oxygens (including phenoxy) is 1. The fourth-order valence-electron chi connectivity index (χ4n) is 4.66. The molecule has 0 saturated carbocycles. The molecular weight excluding hydrogens is 494 g/mol. The highest BCUT2D eigenvalue weighted by Gasteiger charge is 2.35. The van der Waals surface area contributed by atoms with E-state index in [0.29, 0.717) is 39.9 Å². The number of benzene rings is 2. The third kappa shape index (κ3) is 4.06. The first-order valence-electron chi connectivity index (χ1n) is 11.4. The topological polar surface area (TPSA) is 101 Å². The number of aryl methyl sites for hydroxylation is 1. The van der Waals surface area contributed by atoms with Crippen LogP contribution in [0.15, 0.2) is 60.8 Å². The monoisotopic (exact) mass is 519 g/mol. The van der Waals surface area contributed by atoms with E-state index in [1.165, 1.54) is 11.3 Å². The van der Waals surface area contributed by atoms with Crippen molar-refractivity contribution >= 4 is 64.0 Å². The van der Waals surface area contributed by atoms with E-state index in [1.807, 2.05) is 61.5 Å². The molecule has 2 aromatic heterocycles. The first kappa shape index (κ1) is 24.1. The maximum absolute atomic E-state index is 13.4. The van der Waals surface area contributed by atoms with Crippen LogP contribution in [0.3, 0.4) is 0 Å². The third-order valence-corrected chi connectivity index (χ3v) is 7.43. The zero-order chi connectivity index (χ0) is 24.1. The molecule has 0 radical (unpaired) electrons. The number of hydrogen-bond acceptors (Lipinski definition) is 6. The highest BCUT2D eigenvalue weighted by molar-refractivity contribution is 7.59. The van der Waals surface area contributed by atoms with Gasteiger partial charge in [-0.3, -0.25) is 9.69 Å². The average molecular weight is 520 g/mol. The Morgan fingerprint density at radius 3 is 2.67 bits per heavy atom. The maximum atomic E-state index is 13.4. The molecule has 1 fully saturated rings. The highest BCUT2D eigenvalue weighted by Crippen LogP contribution is 2.47. The molecule has 10 heteroatoms.